The Hall–Kier alpha value is -1.38. The Kier molecular flexibility index (Phi) is 2.88. The van der Waals surface area contributed by atoms with Crippen LogP contribution in [0.1, 0.15) is 58.8 Å². The number of carbonyl (C=O) groups excluding carboxylic acids is 1. The van der Waals surface area contributed by atoms with Gasteiger partial charge in [0.05, 0.1) is 10.8 Å². The molecule has 1 spiro atoms. The topological polar surface area (TPSA) is 54.4 Å². The van der Waals surface area contributed by atoms with Gasteiger partial charge in [0.25, 0.3) is 0 Å². The SMILES string of the molecule is C=C1C(=O)[C@@]23C=C1CC[C@H]2[C@]1(C)CCC[C@@](C)(C(=O)O)[C@H]1CC3. The van der Waals surface area contributed by atoms with Crippen molar-refractivity contribution in [3.05, 3.63) is 23.8 Å². The van der Waals surface area contributed by atoms with Crippen LogP contribution in [0.15, 0.2) is 23.8 Å². The maximum Gasteiger partial charge on any atom is 0.309 e. The first-order chi connectivity index (χ1) is 10.8. The molecule has 3 nitrogen and oxygen atoms in total. The summed E-state index contributed by atoms with van der Waals surface area (Å²) in [6.45, 7) is 8.25. The Bertz CT molecular complexity index is 660. The molecule has 124 valence electrons. The van der Waals surface area contributed by atoms with Gasteiger partial charge in [0, 0.05) is 5.57 Å². The van der Waals surface area contributed by atoms with E-state index in [4.69, 9.17) is 0 Å². The smallest absolute Gasteiger partial charge is 0.309 e. The lowest BCUT2D eigenvalue weighted by molar-refractivity contribution is -0.175. The minimum atomic E-state index is -0.654. The molecule has 0 radical (unpaired) electrons. The van der Waals surface area contributed by atoms with Crippen LogP contribution in [-0.2, 0) is 9.59 Å². The quantitative estimate of drug-likeness (QED) is 0.740. The van der Waals surface area contributed by atoms with Crippen molar-refractivity contribution in [2.45, 2.75) is 58.8 Å². The number of carboxylic acid groups (broad SMARTS) is 1. The van der Waals surface area contributed by atoms with E-state index in [2.05, 4.69) is 19.6 Å². The molecule has 1 N–H and O–H groups in total. The van der Waals surface area contributed by atoms with Gasteiger partial charge in [0.1, 0.15) is 0 Å². The van der Waals surface area contributed by atoms with Crippen molar-refractivity contribution in [2.75, 3.05) is 0 Å². The van der Waals surface area contributed by atoms with Crippen LogP contribution < -0.4 is 0 Å². The third-order valence-corrected chi connectivity index (χ3v) is 7.95. The first-order valence-corrected chi connectivity index (χ1v) is 8.95. The van der Waals surface area contributed by atoms with Crippen LogP contribution in [-0.4, -0.2) is 16.9 Å². The highest BCUT2D eigenvalue weighted by Crippen LogP contribution is 2.69. The van der Waals surface area contributed by atoms with Gasteiger partial charge in [-0.2, -0.15) is 0 Å². The van der Waals surface area contributed by atoms with Crippen LogP contribution in [0.25, 0.3) is 0 Å². The summed E-state index contributed by atoms with van der Waals surface area (Å²) in [4.78, 5) is 25.0. The van der Waals surface area contributed by atoms with Crippen molar-refractivity contribution >= 4 is 11.8 Å². The molecule has 0 saturated heterocycles. The van der Waals surface area contributed by atoms with Gasteiger partial charge in [0.15, 0.2) is 5.78 Å². The number of hydrogen-bond acceptors (Lipinski definition) is 2. The van der Waals surface area contributed by atoms with E-state index in [1.807, 2.05) is 6.92 Å². The van der Waals surface area contributed by atoms with E-state index in [1.54, 1.807) is 0 Å². The maximum absolute atomic E-state index is 13.0. The van der Waals surface area contributed by atoms with Gasteiger partial charge in [-0.05, 0) is 68.3 Å². The molecule has 2 fully saturated rings. The minimum Gasteiger partial charge on any atom is -0.481 e. The van der Waals surface area contributed by atoms with Crippen molar-refractivity contribution in [2.24, 2.45) is 28.1 Å². The van der Waals surface area contributed by atoms with E-state index in [1.165, 1.54) is 0 Å². The van der Waals surface area contributed by atoms with Gasteiger partial charge < -0.3 is 5.11 Å². The summed E-state index contributed by atoms with van der Waals surface area (Å²) < 4.78 is 0. The summed E-state index contributed by atoms with van der Waals surface area (Å²) in [5.41, 5.74) is 0.826. The van der Waals surface area contributed by atoms with Crippen LogP contribution >= 0.6 is 0 Å². The van der Waals surface area contributed by atoms with Crippen molar-refractivity contribution in [3.8, 4) is 0 Å². The summed E-state index contributed by atoms with van der Waals surface area (Å²) >= 11 is 0. The van der Waals surface area contributed by atoms with E-state index >= 15 is 0 Å². The number of carbonyl (C=O) groups is 2. The number of rotatable bonds is 1. The summed E-state index contributed by atoms with van der Waals surface area (Å²) in [6, 6.07) is 0. The number of ketones is 1. The average molecular weight is 314 g/mol. The van der Waals surface area contributed by atoms with Gasteiger partial charge in [-0.3, -0.25) is 9.59 Å². The number of carboxylic acids is 1. The van der Waals surface area contributed by atoms with Crippen molar-refractivity contribution in [1.82, 2.24) is 0 Å². The molecular weight excluding hydrogens is 288 g/mol. The molecule has 23 heavy (non-hydrogen) atoms. The first kappa shape index (κ1) is 15.2. The zero-order valence-corrected chi connectivity index (χ0v) is 14.2. The Morgan fingerprint density at radius 1 is 1.22 bits per heavy atom. The summed E-state index contributed by atoms with van der Waals surface area (Å²) in [6.07, 6.45) is 8.59. The molecule has 0 aromatic heterocycles. The van der Waals surface area contributed by atoms with Crippen LogP contribution in [0.5, 0.6) is 0 Å². The summed E-state index contributed by atoms with van der Waals surface area (Å²) in [5.74, 6) is 0.0348. The lowest BCUT2D eigenvalue weighted by atomic mass is 9.41. The average Bonchev–Trinajstić information content (AvgIpc) is 2.68. The molecule has 4 rings (SSSR count). The first-order valence-electron chi connectivity index (χ1n) is 8.95. The van der Waals surface area contributed by atoms with E-state index in [-0.39, 0.29) is 28.4 Å². The molecule has 0 aliphatic heterocycles. The predicted molar refractivity (Wildman–Crippen MR) is 87.8 cm³/mol. The minimum absolute atomic E-state index is 0.0497. The van der Waals surface area contributed by atoms with Crippen LogP contribution in [0.3, 0.4) is 0 Å². The van der Waals surface area contributed by atoms with Crippen LogP contribution in [0.2, 0.25) is 0 Å². The maximum atomic E-state index is 13.0. The monoisotopic (exact) mass is 314 g/mol. The third-order valence-electron chi connectivity index (χ3n) is 7.95. The lowest BCUT2D eigenvalue weighted by Gasteiger charge is -2.61. The van der Waals surface area contributed by atoms with E-state index < -0.39 is 11.4 Å². The fraction of sp³-hybridized carbons (Fsp3) is 0.700. The summed E-state index contributed by atoms with van der Waals surface area (Å²) in [5, 5.41) is 9.88. The van der Waals surface area contributed by atoms with Crippen LogP contribution in [0, 0.1) is 28.1 Å². The number of Topliss-reactive ketones (excluding diaryl/α,β-unsaturated/α-hetero) is 1. The molecule has 0 heterocycles. The van der Waals surface area contributed by atoms with E-state index in [0.29, 0.717) is 0 Å². The molecule has 0 amide bonds. The second-order valence-electron chi connectivity index (χ2n) is 8.78. The zero-order chi connectivity index (χ0) is 16.6. The van der Waals surface area contributed by atoms with Crippen molar-refractivity contribution < 1.29 is 14.7 Å². The Morgan fingerprint density at radius 3 is 2.65 bits per heavy atom. The van der Waals surface area contributed by atoms with Crippen molar-refractivity contribution in [1.29, 1.82) is 0 Å². The van der Waals surface area contributed by atoms with E-state index in [9.17, 15) is 14.7 Å². The highest BCUT2D eigenvalue weighted by Gasteiger charge is 2.66. The van der Waals surface area contributed by atoms with Gasteiger partial charge >= 0.3 is 5.97 Å². The molecule has 4 aliphatic carbocycles. The molecule has 2 saturated carbocycles. The van der Waals surface area contributed by atoms with Gasteiger partial charge in [0.2, 0.25) is 0 Å². The number of allylic oxidation sites excluding steroid dienone is 3. The largest absolute Gasteiger partial charge is 0.481 e. The molecule has 4 aliphatic rings. The number of aliphatic carboxylic acids is 1. The van der Waals surface area contributed by atoms with Gasteiger partial charge in [-0.1, -0.05) is 26.0 Å². The second-order valence-corrected chi connectivity index (χ2v) is 8.78. The predicted octanol–water partition coefficient (Wildman–Crippen LogP) is 4.14. The third kappa shape index (κ3) is 1.61. The second kappa shape index (κ2) is 4.37. The Balaban J connectivity index is 1.82. The van der Waals surface area contributed by atoms with Gasteiger partial charge in [-0.15, -0.1) is 0 Å². The lowest BCUT2D eigenvalue weighted by Crippen LogP contribution is -2.59. The molecule has 0 aromatic carbocycles. The normalized spacial score (nSPS) is 48.5. The zero-order valence-electron chi connectivity index (χ0n) is 14.2. The molecular formula is C20H26O3. The molecule has 5 atom stereocenters. The highest BCUT2D eigenvalue weighted by molar-refractivity contribution is 6.08. The van der Waals surface area contributed by atoms with Crippen LogP contribution in [0.4, 0.5) is 0 Å². The molecule has 0 aromatic rings. The number of hydrogen-bond donors (Lipinski definition) is 1. The standard InChI is InChI=1S/C20H26O3/c1-12-13-5-6-15-18(2)8-4-9-19(3,17(22)23)14(18)7-10-20(15,11-13)16(12)21/h11,14-15H,1,4-10H2,2-3H3,(H,22,23)/t14-,15-,18+,19+,20-/m0/s1. The van der Waals surface area contributed by atoms with Gasteiger partial charge in [-0.25, -0.2) is 0 Å². The fourth-order valence-electron chi connectivity index (χ4n) is 6.82. The Morgan fingerprint density at radius 2 is 1.96 bits per heavy atom. The fourth-order valence-corrected chi connectivity index (χ4v) is 6.82. The van der Waals surface area contributed by atoms with E-state index in [0.717, 1.165) is 56.1 Å². The molecule has 2 bridgehead atoms. The molecule has 0 unspecified atom stereocenters. The molecule has 3 heteroatoms. The summed E-state index contributed by atoms with van der Waals surface area (Å²) in [7, 11) is 0. The number of fused-ring (bicyclic) bond motifs is 2. The Labute approximate surface area is 137 Å². The highest BCUT2D eigenvalue weighted by atomic mass is 16.4. The van der Waals surface area contributed by atoms with Crippen molar-refractivity contribution in [3.63, 3.8) is 0 Å².